The van der Waals surface area contributed by atoms with Gasteiger partial charge >= 0.3 is 15.2 Å². The Hall–Kier alpha value is -0.580. The summed E-state index contributed by atoms with van der Waals surface area (Å²) < 4.78 is 28.5. The van der Waals surface area contributed by atoms with E-state index in [0.717, 1.165) is 0 Å². The maximum atomic E-state index is 10.6. The molecule has 0 aromatic carbocycles. The summed E-state index contributed by atoms with van der Waals surface area (Å²) in [5, 5.41) is 32.7. The molecule has 0 heterocycles. The molecule has 84 valence electrons. The van der Waals surface area contributed by atoms with E-state index in [1.807, 2.05) is 0 Å². The first-order valence-electron chi connectivity index (χ1n) is 3.38. The molecule has 0 saturated heterocycles. The van der Waals surface area contributed by atoms with Gasteiger partial charge in [-0.1, -0.05) is 0 Å². The number of hydrogen-bond acceptors (Lipinski definition) is 7. The minimum Gasteiger partial charge on any atom is -0.394 e. The smallest absolute Gasteiger partial charge is 0.331 e. The van der Waals surface area contributed by atoms with Crippen molar-refractivity contribution in [2.24, 2.45) is 0 Å². The number of aliphatic hydroxyl groups excluding tert-OH is 4. The van der Waals surface area contributed by atoms with Gasteiger partial charge in [-0.2, -0.15) is 8.42 Å². The summed E-state index contributed by atoms with van der Waals surface area (Å²) in [5.41, 5.74) is 0. The van der Waals surface area contributed by atoms with E-state index < -0.39 is 40.2 Å². The molecule has 3 atom stereocenters. The van der Waals surface area contributed by atoms with E-state index in [9.17, 15) is 13.2 Å². The normalized spacial score (nSPS) is 18.6. The van der Waals surface area contributed by atoms with Crippen molar-refractivity contribution in [3.8, 4) is 0 Å². The second-order valence-electron chi connectivity index (χ2n) is 2.48. The van der Waals surface area contributed by atoms with Crippen LogP contribution in [0, 0.1) is 0 Å². The second kappa shape index (κ2) is 4.77. The number of rotatable bonds is 4. The molecule has 8 nitrogen and oxygen atoms in total. The lowest BCUT2D eigenvalue weighted by Crippen LogP contribution is -2.46. The molecule has 0 radical (unpaired) electrons. The predicted octanol–water partition coefficient (Wildman–Crippen LogP) is -3.52. The second-order valence-corrected chi connectivity index (χ2v) is 3.83. The quantitative estimate of drug-likeness (QED) is 0.311. The summed E-state index contributed by atoms with van der Waals surface area (Å²) in [6.07, 6.45) is -6.57. The number of carbonyl (C=O) groups excluding carboxylic acids is 1. The highest BCUT2D eigenvalue weighted by Gasteiger charge is 2.36. The molecule has 0 spiro atoms. The average molecular weight is 230 g/mol. The van der Waals surface area contributed by atoms with Gasteiger partial charge in [0.2, 0.25) is 0 Å². The van der Waals surface area contributed by atoms with Crippen molar-refractivity contribution in [1.82, 2.24) is 0 Å². The lowest BCUT2D eigenvalue weighted by atomic mass is 10.1. The van der Waals surface area contributed by atoms with Crippen LogP contribution in [0.3, 0.4) is 0 Å². The topological polar surface area (TPSA) is 152 Å². The summed E-state index contributed by atoms with van der Waals surface area (Å²) in [6, 6.07) is 0. The lowest BCUT2D eigenvalue weighted by Gasteiger charge is -2.18. The van der Waals surface area contributed by atoms with Crippen LogP contribution < -0.4 is 0 Å². The molecule has 0 rings (SSSR count). The molecular formula is C5H10O8S. The van der Waals surface area contributed by atoms with Gasteiger partial charge in [-0.05, 0) is 0 Å². The van der Waals surface area contributed by atoms with E-state index in [1.54, 1.807) is 0 Å². The van der Waals surface area contributed by atoms with Crippen molar-refractivity contribution >= 4 is 15.2 Å². The largest absolute Gasteiger partial charge is 0.394 e. The van der Waals surface area contributed by atoms with Gasteiger partial charge in [0.25, 0.3) is 0 Å². The maximum Gasteiger partial charge on any atom is 0.331 e. The fourth-order valence-electron chi connectivity index (χ4n) is 0.610. The molecule has 0 fully saturated rings. The Labute approximate surface area is 79.2 Å². The molecule has 0 bridgehead atoms. The van der Waals surface area contributed by atoms with Crippen LogP contribution in [0.15, 0.2) is 0 Å². The molecule has 0 aliphatic rings. The maximum absolute atomic E-state index is 10.6. The fourth-order valence-corrected chi connectivity index (χ4v) is 1.06. The summed E-state index contributed by atoms with van der Waals surface area (Å²) in [4.78, 5) is 10.6. The Morgan fingerprint density at radius 3 is 1.93 bits per heavy atom. The van der Waals surface area contributed by atoms with Crippen LogP contribution in [-0.2, 0) is 14.9 Å². The predicted molar refractivity (Wildman–Crippen MR) is 41.7 cm³/mol. The third-order valence-electron chi connectivity index (χ3n) is 1.40. The summed E-state index contributed by atoms with van der Waals surface area (Å²) in [6.45, 7) is -0.975. The van der Waals surface area contributed by atoms with Crippen molar-refractivity contribution in [1.29, 1.82) is 0 Å². The molecule has 0 aliphatic heterocycles. The first-order valence-corrected chi connectivity index (χ1v) is 4.82. The van der Waals surface area contributed by atoms with Gasteiger partial charge in [0.15, 0.2) is 6.10 Å². The molecule has 0 aromatic heterocycles. The van der Waals surface area contributed by atoms with Crippen molar-refractivity contribution in [2.45, 2.75) is 18.3 Å². The zero-order chi connectivity index (χ0) is 11.5. The Morgan fingerprint density at radius 2 is 1.64 bits per heavy atom. The van der Waals surface area contributed by atoms with E-state index in [4.69, 9.17) is 25.0 Å². The van der Waals surface area contributed by atoms with E-state index >= 15 is 0 Å². The van der Waals surface area contributed by atoms with Gasteiger partial charge in [0.05, 0.1) is 6.61 Å². The number of carbonyl (C=O) groups is 1. The first kappa shape index (κ1) is 13.4. The van der Waals surface area contributed by atoms with Gasteiger partial charge in [-0.25, -0.2) is 0 Å². The monoisotopic (exact) mass is 230 g/mol. The minimum absolute atomic E-state index is 0.975. The Balaban J connectivity index is 4.64. The van der Waals surface area contributed by atoms with E-state index in [2.05, 4.69) is 0 Å². The van der Waals surface area contributed by atoms with E-state index in [0.29, 0.717) is 0 Å². The van der Waals surface area contributed by atoms with Crippen molar-refractivity contribution in [2.75, 3.05) is 6.61 Å². The molecule has 0 amide bonds. The lowest BCUT2D eigenvalue weighted by molar-refractivity contribution is -0.132. The highest BCUT2D eigenvalue weighted by molar-refractivity contribution is 8.01. The summed E-state index contributed by atoms with van der Waals surface area (Å²) in [5.74, 6) is 0. The third kappa shape index (κ3) is 3.29. The van der Waals surface area contributed by atoms with E-state index in [1.165, 1.54) is 0 Å². The van der Waals surface area contributed by atoms with Crippen molar-refractivity contribution in [3.05, 3.63) is 0 Å². The molecule has 0 aromatic rings. The van der Waals surface area contributed by atoms with E-state index in [-0.39, 0.29) is 0 Å². The number of aliphatic hydroxyl groups is 4. The van der Waals surface area contributed by atoms with Gasteiger partial charge in [-0.15, -0.1) is 0 Å². The van der Waals surface area contributed by atoms with Crippen LogP contribution >= 0.6 is 0 Å². The summed E-state index contributed by atoms with van der Waals surface area (Å²) in [7, 11) is -5.13. The van der Waals surface area contributed by atoms with Crippen LogP contribution in [0.4, 0.5) is 0 Å². The van der Waals surface area contributed by atoms with Gasteiger partial charge < -0.3 is 20.4 Å². The minimum atomic E-state index is -5.13. The Kier molecular flexibility index (Phi) is 4.58. The first-order chi connectivity index (χ1) is 6.21. The highest BCUT2D eigenvalue weighted by Crippen LogP contribution is 2.04. The molecule has 0 aliphatic carbocycles. The molecule has 0 unspecified atom stereocenters. The Morgan fingerprint density at radius 1 is 1.21 bits per heavy atom. The fraction of sp³-hybridized carbons (Fsp3) is 0.800. The average Bonchev–Trinajstić information content (AvgIpc) is 2.11. The molecule has 14 heavy (non-hydrogen) atoms. The van der Waals surface area contributed by atoms with Gasteiger partial charge in [-0.3, -0.25) is 9.35 Å². The molecule has 5 N–H and O–H groups in total. The summed E-state index contributed by atoms with van der Waals surface area (Å²) >= 11 is 0. The zero-order valence-corrected chi connectivity index (χ0v) is 7.62. The van der Waals surface area contributed by atoms with Crippen LogP contribution in [0.5, 0.6) is 0 Å². The molecular weight excluding hydrogens is 220 g/mol. The van der Waals surface area contributed by atoms with Crippen LogP contribution in [0.25, 0.3) is 0 Å². The van der Waals surface area contributed by atoms with Crippen molar-refractivity contribution < 1.29 is 38.2 Å². The highest BCUT2D eigenvalue weighted by atomic mass is 32.2. The van der Waals surface area contributed by atoms with Crippen molar-refractivity contribution in [3.63, 3.8) is 0 Å². The number of hydrogen-bond donors (Lipinski definition) is 5. The van der Waals surface area contributed by atoms with Crippen LogP contribution in [0.2, 0.25) is 0 Å². The molecule has 0 saturated carbocycles. The molecule has 9 heteroatoms. The Bertz CT molecular complexity index is 295. The SMILES string of the molecule is O=C([C@@H](O)[C@@H](O)[C@H](O)CO)S(=O)(=O)O. The third-order valence-corrected chi connectivity index (χ3v) is 2.15. The van der Waals surface area contributed by atoms with Gasteiger partial charge in [0.1, 0.15) is 12.2 Å². The standard InChI is InChI=1S/C5H10O8S/c6-1-2(7)3(8)4(9)5(10)14(11,12)13/h2-4,6-9H,1H2,(H,11,12,13)/t2-,3+,4+/m1/s1. The zero-order valence-electron chi connectivity index (χ0n) is 6.81. The van der Waals surface area contributed by atoms with Crippen LogP contribution in [-0.4, -0.2) is 63.4 Å². The van der Waals surface area contributed by atoms with Gasteiger partial charge in [0, 0.05) is 0 Å². The van der Waals surface area contributed by atoms with Crippen LogP contribution in [0.1, 0.15) is 0 Å².